The van der Waals surface area contributed by atoms with E-state index in [1.54, 1.807) is 11.1 Å². The molecule has 0 aromatic heterocycles. The third-order valence-corrected chi connectivity index (χ3v) is 5.86. The average molecular weight is 546 g/mol. The average Bonchev–Trinajstić information content (AvgIpc) is 3.26. The number of hydrogen-bond acceptors (Lipinski definition) is 0. The van der Waals surface area contributed by atoms with E-state index >= 15 is 0 Å². The molecule has 0 spiro atoms. The second-order valence-electron chi connectivity index (χ2n) is 7.12. The van der Waals surface area contributed by atoms with Crippen molar-refractivity contribution in [3.8, 4) is 0 Å². The first-order valence-corrected chi connectivity index (χ1v) is 9.97. The summed E-state index contributed by atoms with van der Waals surface area (Å²) in [6, 6.07) is 13.6. The summed E-state index contributed by atoms with van der Waals surface area (Å²) in [5.41, 5.74) is 7.35. The molecule has 1 aliphatic carbocycles. The largest absolute Gasteiger partial charge is 4.00 e. The van der Waals surface area contributed by atoms with Crippen LogP contribution in [-0.4, -0.2) is 0 Å². The molecule has 3 aromatic rings. The molecule has 0 radical (unpaired) electrons. The van der Waals surface area contributed by atoms with Gasteiger partial charge in [0.15, 0.2) is 0 Å². The summed E-state index contributed by atoms with van der Waals surface area (Å²) < 4.78 is 1.34. The van der Waals surface area contributed by atoms with Gasteiger partial charge < -0.3 is 24.8 Å². The Hall–Kier alpha value is 0.123. The minimum atomic E-state index is 0. The number of rotatable bonds is 3. The van der Waals surface area contributed by atoms with Gasteiger partial charge in [-0.1, -0.05) is 61.5 Å². The summed E-state index contributed by atoms with van der Waals surface area (Å²) in [4.78, 5) is 0. The fraction of sp³-hybridized carbons (Fsp3) is 0.391. The quantitative estimate of drug-likeness (QED) is 0.434. The number of halogens is 3. The van der Waals surface area contributed by atoms with Crippen LogP contribution in [-0.2, 0) is 45.5 Å². The number of benzene rings is 1. The third kappa shape index (κ3) is 6.85. The normalized spacial score (nSPS) is 11.6. The van der Waals surface area contributed by atoms with Crippen LogP contribution in [0.4, 0.5) is 0 Å². The number of fused-ring (bicyclic) bond motifs is 2. The molecule has 0 nitrogen and oxygen atoms in total. The molecule has 0 saturated heterocycles. The van der Waals surface area contributed by atoms with Gasteiger partial charge in [0.25, 0.3) is 0 Å². The molecular weight excluding hydrogens is 518 g/mol. The van der Waals surface area contributed by atoms with Gasteiger partial charge in [0.1, 0.15) is 0 Å². The molecule has 1 aliphatic rings. The molecule has 0 amide bonds. The van der Waals surface area contributed by atoms with Crippen LogP contribution in [0.5, 0.6) is 0 Å². The molecule has 0 heterocycles. The first-order valence-electron chi connectivity index (χ1n) is 9.18. The van der Waals surface area contributed by atoms with Crippen molar-refractivity contribution < 1.29 is 51.0 Å². The molecule has 27 heavy (non-hydrogen) atoms. The summed E-state index contributed by atoms with van der Waals surface area (Å²) >= 11 is 3.75. The Labute approximate surface area is 204 Å². The van der Waals surface area contributed by atoms with Crippen LogP contribution in [0.1, 0.15) is 54.0 Å². The monoisotopic (exact) mass is 542 g/mol. The standard InChI is InChI=1S/C13H12Br.C10H15.2ClH.Zr/c1-8-5-10-7-9-3-2-4-11(9)13(14)12(10)6-8;1-3-4-5-10-7-6-9(2)8-10;;;/h5-7H,2-4H2,1H3;6-8H,3-5H2,1-2H3;2*1H;/q2*-1;;;+4/p-2. The molecule has 144 valence electrons. The molecular formula is C23H27BrCl2Zr. The van der Waals surface area contributed by atoms with Crippen molar-refractivity contribution in [2.45, 2.75) is 59.3 Å². The van der Waals surface area contributed by atoms with Crippen LogP contribution < -0.4 is 24.8 Å². The van der Waals surface area contributed by atoms with E-state index in [1.165, 1.54) is 70.5 Å². The van der Waals surface area contributed by atoms with Crippen molar-refractivity contribution in [2.24, 2.45) is 0 Å². The molecule has 4 rings (SSSR count). The van der Waals surface area contributed by atoms with Crippen molar-refractivity contribution in [2.75, 3.05) is 0 Å². The third-order valence-electron chi connectivity index (χ3n) is 4.95. The summed E-state index contributed by atoms with van der Waals surface area (Å²) in [7, 11) is 0. The van der Waals surface area contributed by atoms with Crippen LogP contribution in [0, 0.1) is 13.8 Å². The summed E-state index contributed by atoms with van der Waals surface area (Å²) in [6.07, 6.45) is 7.70. The van der Waals surface area contributed by atoms with Gasteiger partial charge in [0.05, 0.1) is 0 Å². The van der Waals surface area contributed by atoms with Crippen molar-refractivity contribution in [1.29, 1.82) is 0 Å². The fourth-order valence-corrected chi connectivity index (χ4v) is 4.47. The van der Waals surface area contributed by atoms with Gasteiger partial charge in [-0.05, 0) is 29.3 Å². The minimum absolute atomic E-state index is 0. The van der Waals surface area contributed by atoms with E-state index in [4.69, 9.17) is 0 Å². The zero-order chi connectivity index (χ0) is 17.1. The van der Waals surface area contributed by atoms with Gasteiger partial charge in [0, 0.05) is 0 Å². The molecule has 0 bridgehead atoms. The molecule has 0 fully saturated rings. The first-order chi connectivity index (χ1) is 11.6. The number of aryl methyl sites for hydroxylation is 4. The Balaban J connectivity index is 0.000000473. The zero-order valence-electron chi connectivity index (χ0n) is 16.3. The van der Waals surface area contributed by atoms with Gasteiger partial charge in [-0.25, -0.2) is 11.6 Å². The van der Waals surface area contributed by atoms with E-state index in [9.17, 15) is 0 Å². The Morgan fingerprint density at radius 2 is 1.89 bits per heavy atom. The smallest absolute Gasteiger partial charge is 1.00 e. The van der Waals surface area contributed by atoms with Crippen LogP contribution in [0.3, 0.4) is 0 Å². The van der Waals surface area contributed by atoms with E-state index in [-0.39, 0.29) is 51.0 Å². The molecule has 0 aliphatic heterocycles. The molecule has 0 saturated carbocycles. The Bertz CT molecular complexity index is 832. The SMILES string of the molecule is CCCC[c-]1ccc(C)c1.Cc1cc2c(Br)c3c(cc2[cH-]1)CCC3.[Cl-].[Cl-].[Zr+4]. The Morgan fingerprint density at radius 3 is 2.52 bits per heavy atom. The van der Waals surface area contributed by atoms with E-state index in [1.807, 2.05) is 0 Å². The van der Waals surface area contributed by atoms with Crippen molar-refractivity contribution in [1.82, 2.24) is 0 Å². The molecule has 4 heteroatoms. The predicted octanol–water partition coefficient (Wildman–Crippen LogP) is 1.18. The maximum Gasteiger partial charge on any atom is 4.00 e. The fourth-order valence-electron chi connectivity index (χ4n) is 3.68. The van der Waals surface area contributed by atoms with Gasteiger partial charge in [-0.2, -0.15) is 23.8 Å². The summed E-state index contributed by atoms with van der Waals surface area (Å²) in [6.45, 7) is 6.54. The molecule has 3 aromatic carbocycles. The first kappa shape index (κ1) is 27.1. The van der Waals surface area contributed by atoms with E-state index in [2.05, 4.69) is 73.1 Å². The summed E-state index contributed by atoms with van der Waals surface area (Å²) in [5.74, 6) is 0. The molecule has 0 unspecified atom stereocenters. The molecule has 0 atom stereocenters. The van der Waals surface area contributed by atoms with Crippen LogP contribution in [0.25, 0.3) is 10.8 Å². The van der Waals surface area contributed by atoms with E-state index in [0.717, 1.165) is 0 Å². The Morgan fingerprint density at radius 1 is 1.15 bits per heavy atom. The number of unbranched alkanes of at least 4 members (excludes halogenated alkanes) is 1. The van der Waals surface area contributed by atoms with Crippen molar-refractivity contribution >= 4 is 26.7 Å². The van der Waals surface area contributed by atoms with Gasteiger partial charge in [0.2, 0.25) is 0 Å². The molecule has 0 N–H and O–H groups in total. The number of hydrogen-bond donors (Lipinski definition) is 0. The van der Waals surface area contributed by atoms with E-state index in [0.29, 0.717) is 0 Å². The van der Waals surface area contributed by atoms with Crippen molar-refractivity contribution in [3.63, 3.8) is 0 Å². The van der Waals surface area contributed by atoms with Gasteiger partial charge in [-0.15, -0.1) is 28.5 Å². The van der Waals surface area contributed by atoms with Crippen LogP contribution in [0.2, 0.25) is 0 Å². The van der Waals surface area contributed by atoms with Crippen molar-refractivity contribution in [3.05, 3.63) is 68.7 Å². The zero-order valence-corrected chi connectivity index (χ0v) is 21.9. The van der Waals surface area contributed by atoms with Gasteiger partial charge >= 0.3 is 26.2 Å². The maximum atomic E-state index is 3.75. The second kappa shape index (κ2) is 12.6. The summed E-state index contributed by atoms with van der Waals surface area (Å²) in [5, 5.41) is 2.79. The van der Waals surface area contributed by atoms with Crippen LogP contribution >= 0.6 is 15.9 Å². The Kier molecular flexibility index (Phi) is 12.7. The predicted molar refractivity (Wildman–Crippen MR) is 109 cm³/mol. The van der Waals surface area contributed by atoms with Gasteiger partial charge in [-0.3, -0.25) is 0 Å². The maximum absolute atomic E-state index is 3.75. The van der Waals surface area contributed by atoms with E-state index < -0.39 is 0 Å². The topological polar surface area (TPSA) is 0 Å². The second-order valence-corrected chi connectivity index (χ2v) is 7.91. The van der Waals surface area contributed by atoms with Crippen LogP contribution in [0.15, 0.2) is 40.9 Å². The minimum Gasteiger partial charge on any atom is -1.00 e.